The van der Waals surface area contributed by atoms with E-state index >= 15 is 0 Å². The lowest BCUT2D eigenvalue weighted by molar-refractivity contribution is -0.139. The second-order valence-corrected chi connectivity index (χ2v) is 10.0. The molecule has 11 heteroatoms. The molecule has 38 heavy (non-hydrogen) atoms. The number of rotatable bonds is 7. The highest BCUT2D eigenvalue weighted by molar-refractivity contribution is 5.94. The molecule has 2 aliphatic rings. The number of halogens is 3. The van der Waals surface area contributed by atoms with Gasteiger partial charge in [-0.25, -0.2) is 9.78 Å². The molecule has 3 aromatic rings. The molecule has 0 atom stereocenters. The summed E-state index contributed by atoms with van der Waals surface area (Å²) in [6.07, 6.45) is -0.318. The molecule has 2 fully saturated rings. The number of alkyl halides is 3. The normalized spacial score (nSPS) is 18.0. The predicted octanol–water partition coefficient (Wildman–Crippen LogP) is 5.02. The van der Waals surface area contributed by atoms with E-state index in [0.29, 0.717) is 50.6 Å². The average Bonchev–Trinajstić information content (AvgIpc) is 3.52. The molecular weight excluding hydrogens is 497 g/mol. The number of piperidine rings is 1. The van der Waals surface area contributed by atoms with Crippen molar-refractivity contribution in [2.45, 2.75) is 44.4 Å². The molecular formula is C27H31F3N6O2. The zero-order valence-electron chi connectivity index (χ0n) is 21.5. The van der Waals surface area contributed by atoms with E-state index in [-0.39, 0.29) is 12.6 Å². The van der Waals surface area contributed by atoms with Gasteiger partial charge in [-0.2, -0.15) is 18.3 Å². The third-order valence-corrected chi connectivity index (χ3v) is 7.62. The largest absolute Gasteiger partial charge is 0.497 e. The van der Waals surface area contributed by atoms with Crippen LogP contribution in [0.25, 0.3) is 11.1 Å². The van der Waals surface area contributed by atoms with E-state index < -0.39 is 18.1 Å². The zero-order valence-corrected chi connectivity index (χ0v) is 21.5. The topological polar surface area (TPSA) is 77.6 Å². The highest BCUT2D eigenvalue weighted by atomic mass is 19.4. The smallest absolute Gasteiger partial charge is 0.390 e. The van der Waals surface area contributed by atoms with Gasteiger partial charge in [0.25, 0.3) is 0 Å². The molecule has 0 aliphatic carbocycles. The molecule has 2 aromatic heterocycles. The first-order chi connectivity index (χ1) is 18.2. The number of anilines is 1. The first kappa shape index (κ1) is 26.0. The monoisotopic (exact) mass is 528 g/mol. The number of aromatic amines is 1. The van der Waals surface area contributed by atoms with Crippen LogP contribution in [0.3, 0.4) is 0 Å². The number of methoxy groups -OCH3 is 1. The summed E-state index contributed by atoms with van der Waals surface area (Å²) in [5.41, 5.74) is 3.04. The Bertz CT molecular complexity index is 1270. The molecule has 0 bridgehead atoms. The summed E-state index contributed by atoms with van der Waals surface area (Å²) >= 11 is 0. The molecule has 2 amide bonds. The standard InChI is InChI=1S/C27H31F3N6O2/c1-19-23(21-15-31-32-16-21)6-7-24(33-19)35-18-26(8-11-34(12-9-26)13-10-27(28,29)30)36(25(35)37)17-20-4-3-5-22(14-20)38-2/h3-7,14-16H,8-13,17-18H2,1-2H3,(H,31,32). The number of carbonyl (C=O) groups excluding carboxylic acids is 1. The number of urea groups is 1. The van der Waals surface area contributed by atoms with E-state index in [9.17, 15) is 18.0 Å². The van der Waals surface area contributed by atoms with Crippen molar-refractivity contribution < 1.29 is 22.7 Å². The number of nitrogens with one attached hydrogen (secondary N) is 1. The molecule has 202 valence electrons. The van der Waals surface area contributed by atoms with E-state index in [1.807, 2.05) is 53.1 Å². The molecule has 0 radical (unpaired) electrons. The number of likely N-dealkylation sites (tertiary alicyclic amines) is 1. The van der Waals surface area contributed by atoms with Crippen molar-refractivity contribution in [3.63, 3.8) is 0 Å². The number of hydrogen-bond acceptors (Lipinski definition) is 5. The van der Waals surface area contributed by atoms with Crippen LogP contribution in [-0.4, -0.2) is 76.0 Å². The lowest BCUT2D eigenvalue weighted by atomic mass is 9.86. The number of amides is 2. The number of ether oxygens (including phenoxy) is 1. The van der Waals surface area contributed by atoms with Gasteiger partial charge in [-0.15, -0.1) is 0 Å². The summed E-state index contributed by atoms with van der Waals surface area (Å²) in [7, 11) is 1.60. The molecule has 0 unspecified atom stereocenters. The Kier molecular flexibility index (Phi) is 7.04. The highest BCUT2D eigenvalue weighted by Gasteiger charge is 2.51. The summed E-state index contributed by atoms with van der Waals surface area (Å²) < 4.78 is 43.8. The Balaban J connectivity index is 1.41. The molecule has 2 saturated heterocycles. The van der Waals surface area contributed by atoms with Crippen LogP contribution in [0, 0.1) is 6.92 Å². The Morgan fingerprint density at radius 2 is 1.95 bits per heavy atom. The van der Waals surface area contributed by atoms with Crippen LogP contribution in [0.15, 0.2) is 48.8 Å². The van der Waals surface area contributed by atoms with Gasteiger partial charge in [0.05, 0.1) is 31.8 Å². The number of aryl methyl sites for hydroxylation is 1. The van der Waals surface area contributed by atoms with E-state index in [2.05, 4.69) is 10.2 Å². The van der Waals surface area contributed by atoms with Crippen LogP contribution in [0.4, 0.5) is 23.8 Å². The minimum absolute atomic E-state index is 0.0245. The third kappa shape index (κ3) is 5.33. The molecule has 1 aromatic carbocycles. The van der Waals surface area contributed by atoms with Gasteiger partial charge < -0.3 is 14.5 Å². The fourth-order valence-corrected chi connectivity index (χ4v) is 5.47. The van der Waals surface area contributed by atoms with Crippen LogP contribution >= 0.6 is 0 Å². The number of H-pyrrole nitrogens is 1. The summed E-state index contributed by atoms with van der Waals surface area (Å²) in [5, 5.41) is 6.81. The summed E-state index contributed by atoms with van der Waals surface area (Å²) in [5.74, 6) is 1.26. The maximum absolute atomic E-state index is 13.9. The van der Waals surface area contributed by atoms with E-state index in [4.69, 9.17) is 9.72 Å². The first-order valence-corrected chi connectivity index (χ1v) is 12.7. The van der Waals surface area contributed by atoms with Gasteiger partial charge >= 0.3 is 12.2 Å². The lowest BCUT2D eigenvalue weighted by Crippen LogP contribution is -2.54. The zero-order chi connectivity index (χ0) is 26.9. The van der Waals surface area contributed by atoms with E-state index in [1.165, 1.54) is 0 Å². The van der Waals surface area contributed by atoms with Gasteiger partial charge in [-0.1, -0.05) is 12.1 Å². The molecule has 5 rings (SSSR count). The van der Waals surface area contributed by atoms with Crippen molar-refractivity contribution in [3.8, 4) is 16.9 Å². The van der Waals surface area contributed by atoms with Gasteiger partial charge in [0.2, 0.25) is 0 Å². The van der Waals surface area contributed by atoms with Gasteiger partial charge in [-0.05, 0) is 49.6 Å². The summed E-state index contributed by atoms with van der Waals surface area (Å²) in [4.78, 5) is 24.1. The van der Waals surface area contributed by atoms with Crippen molar-refractivity contribution >= 4 is 11.8 Å². The van der Waals surface area contributed by atoms with E-state index in [0.717, 1.165) is 22.4 Å². The van der Waals surface area contributed by atoms with Gasteiger partial charge in [0.1, 0.15) is 11.6 Å². The second kappa shape index (κ2) is 10.3. The summed E-state index contributed by atoms with van der Waals surface area (Å²) in [6, 6.07) is 11.2. The molecule has 2 aliphatic heterocycles. The maximum atomic E-state index is 13.9. The van der Waals surface area contributed by atoms with Crippen molar-refractivity contribution in [1.29, 1.82) is 0 Å². The average molecular weight is 529 g/mol. The number of pyridine rings is 1. The Labute approximate surface area is 219 Å². The Morgan fingerprint density at radius 1 is 1.16 bits per heavy atom. The van der Waals surface area contributed by atoms with E-state index in [1.54, 1.807) is 24.4 Å². The van der Waals surface area contributed by atoms with Crippen molar-refractivity contribution in [2.75, 3.05) is 38.2 Å². The molecule has 0 saturated carbocycles. The van der Waals surface area contributed by atoms with Gasteiger partial charge in [0.15, 0.2) is 0 Å². The van der Waals surface area contributed by atoms with Crippen LogP contribution in [0.2, 0.25) is 0 Å². The maximum Gasteiger partial charge on any atom is 0.390 e. The highest BCUT2D eigenvalue weighted by Crippen LogP contribution is 2.40. The summed E-state index contributed by atoms with van der Waals surface area (Å²) in [6.45, 7) is 3.68. The molecule has 4 heterocycles. The van der Waals surface area contributed by atoms with Crippen LogP contribution < -0.4 is 9.64 Å². The van der Waals surface area contributed by atoms with Crippen LogP contribution in [0.5, 0.6) is 5.75 Å². The molecule has 8 nitrogen and oxygen atoms in total. The first-order valence-electron chi connectivity index (χ1n) is 12.7. The lowest BCUT2D eigenvalue weighted by Gasteiger charge is -2.44. The minimum atomic E-state index is -4.18. The van der Waals surface area contributed by atoms with Crippen LogP contribution in [0.1, 0.15) is 30.5 Å². The number of carbonyl (C=O) groups is 1. The SMILES string of the molecule is COc1cccc(CN2C(=O)N(c3ccc(-c4cn[nH]c4)c(C)n3)CC23CCN(CCC(F)(F)F)CC3)c1. The van der Waals surface area contributed by atoms with Crippen LogP contribution in [-0.2, 0) is 6.54 Å². The van der Waals surface area contributed by atoms with Crippen molar-refractivity contribution in [3.05, 3.63) is 60.0 Å². The van der Waals surface area contributed by atoms with Crippen molar-refractivity contribution in [1.82, 2.24) is 25.0 Å². The Morgan fingerprint density at radius 3 is 2.61 bits per heavy atom. The minimum Gasteiger partial charge on any atom is -0.497 e. The predicted molar refractivity (Wildman–Crippen MR) is 137 cm³/mol. The number of nitrogens with zero attached hydrogens (tertiary/aromatic N) is 5. The Hall–Kier alpha value is -3.60. The second-order valence-electron chi connectivity index (χ2n) is 10.0. The number of benzene rings is 1. The fourth-order valence-electron chi connectivity index (χ4n) is 5.47. The quantitative estimate of drug-likeness (QED) is 0.466. The third-order valence-electron chi connectivity index (χ3n) is 7.62. The molecule has 1 N–H and O–H groups in total. The number of hydrogen-bond donors (Lipinski definition) is 1. The van der Waals surface area contributed by atoms with Gasteiger partial charge in [-0.3, -0.25) is 10.00 Å². The van der Waals surface area contributed by atoms with Gasteiger partial charge in [0, 0.05) is 49.2 Å². The van der Waals surface area contributed by atoms with Crippen molar-refractivity contribution in [2.24, 2.45) is 0 Å². The fraction of sp³-hybridized carbons (Fsp3) is 0.444. The number of aromatic nitrogens is 3. The molecule has 1 spiro atoms.